The van der Waals surface area contributed by atoms with Gasteiger partial charge in [-0.1, -0.05) is 22.9 Å². The molecule has 0 spiro atoms. The topological polar surface area (TPSA) is 77.7 Å². The van der Waals surface area contributed by atoms with Crippen molar-refractivity contribution in [2.24, 2.45) is 4.99 Å². The first kappa shape index (κ1) is 21.9. The molecule has 1 aromatic heterocycles. The molecule has 0 radical (unpaired) electrons. The minimum atomic E-state index is -3.80. The Hall–Kier alpha value is -1.81. The monoisotopic (exact) mass is 470 g/mol. The van der Waals surface area contributed by atoms with E-state index in [-0.39, 0.29) is 4.90 Å². The lowest BCUT2D eigenvalue weighted by Gasteiger charge is -2.05. The number of hydrogen-bond acceptors (Lipinski definition) is 6. The average Bonchev–Trinajstić information content (AvgIpc) is 3.01. The highest BCUT2D eigenvalue weighted by atomic mass is 35.5. The second-order valence-electron chi connectivity index (χ2n) is 6.08. The summed E-state index contributed by atoms with van der Waals surface area (Å²) in [5.41, 5.74) is 0.928. The number of aromatic nitrogens is 1. The van der Waals surface area contributed by atoms with E-state index >= 15 is 0 Å². The fraction of sp³-hybridized carbons (Fsp3) is 0.263. The van der Waals surface area contributed by atoms with Crippen LogP contribution in [0.1, 0.15) is 0 Å². The lowest BCUT2D eigenvalue weighted by molar-refractivity contribution is -0.115. The summed E-state index contributed by atoms with van der Waals surface area (Å²) >= 11 is 8.81. The number of hydrogen-bond donors (Lipinski definition) is 0. The van der Waals surface area contributed by atoms with E-state index in [1.165, 1.54) is 35.6 Å². The number of sulfone groups is 1. The molecule has 3 aromatic rings. The van der Waals surface area contributed by atoms with Crippen LogP contribution >= 0.6 is 34.7 Å². The Morgan fingerprint density at radius 2 is 1.97 bits per heavy atom. The van der Waals surface area contributed by atoms with Crippen LogP contribution in [0.3, 0.4) is 0 Å². The molecule has 6 nitrogen and oxygen atoms in total. The van der Waals surface area contributed by atoms with Crippen molar-refractivity contribution in [3.05, 3.63) is 52.3 Å². The molecule has 3 rings (SSSR count). The van der Waals surface area contributed by atoms with Crippen molar-refractivity contribution in [3.8, 4) is 5.75 Å². The Labute approximate surface area is 182 Å². The van der Waals surface area contributed by atoms with Gasteiger partial charge in [0.2, 0.25) is 0 Å². The zero-order chi connectivity index (χ0) is 21.0. The summed E-state index contributed by atoms with van der Waals surface area (Å²) in [5.74, 6) is 0.132. The minimum absolute atomic E-state index is 0.0433. The molecule has 1 heterocycles. The molecule has 0 aliphatic rings. The van der Waals surface area contributed by atoms with Gasteiger partial charge in [-0.05, 0) is 48.7 Å². The van der Waals surface area contributed by atoms with Crippen LogP contribution in [0.15, 0.2) is 52.4 Å². The van der Waals surface area contributed by atoms with E-state index in [2.05, 4.69) is 4.99 Å². The maximum absolute atomic E-state index is 12.5. The van der Waals surface area contributed by atoms with Gasteiger partial charge >= 0.3 is 0 Å². The first-order valence-electron chi connectivity index (χ1n) is 8.56. The zero-order valence-corrected chi connectivity index (χ0v) is 19.0. The van der Waals surface area contributed by atoms with Gasteiger partial charge in [-0.25, -0.2) is 8.42 Å². The molecule has 0 saturated heterocycles. The number of fused-ring (bicyclic) bond motifs is 1. The van der Waals surface area contributed by atoms with Gasteiger partial charge in [0, 0.05) is 17.3 Å². The van der Waals surface area contributed by atoms with Crippen LogP contribution in [-0.4, -0.2) is 43.8 Å². The molecule has 0 aliphatic heterocycles. The molecule has 10 heteroatoms. The smallest absolute Gasteiger partial charge is 0.263 e. The largest absolute Gasteiger partial charge is 0.497 e. The van der Waals surface area contributed by atoms with Gasteiger partial charge in [0.15, 0.2) is 14.6 Å². The Balaban J connectivity index is 1.97. The van der Waals surface area contributed by atoms with Crippen molar-refractivity contribution in [1.82, 2.24) is 4.57 Å². The Bertz CT molecular complexity index is 1200. The number of nitrogens with zero attached hydrogens (tertiary/aromatic N) is 2. The third-order valence-electron chi connectivity index (χ3n) is 4.12. The van der Waals surface area contributed by atoms with Crippen LogP contribution in [-0.2, 0) is 21.2 Å². The molecule has 0 aliphatic carbocycles. The molecule has 1 amide bonds. The van der Waals surface area contributed by atoms with E-state index in [0.717, 1.165) is 16.0 Å². The standard InChI is InChI=1S/C19H19ClN2O4S3/c1-26-14-5-8-16-17(11-14)28-19(22(16)9-10-27-2)21-18(23)12-29(24,25)15-6-3-13(20)4-7-15/h3-8,11H,9-10,12H2,1-2H3. The van der Waals surface area contributed by atoms with E-state index in [1.54, 1.807) is 18.9 Å². The molecule has 0 bridgehead atoms. The fourth-order valence-electron chi connectivity index (χ4n) is 2.69. The van der Waals surface area contributed by atoms with Gasteiger partial charge in [-0.3, -0.25) is 4.79 Å². The quantitative estimate of drug-likeness (QED) is 0.527. The first-order chi connectivity index (χ1) is 13.8. The maximum Gasteiger partial charge on any atom is 0.263 e. The summed E-state index contributed by atoms with van der Waals surface area (Å²) in [6.07, 6.45) is 2.00. The van der Waals surface area contributed by atoms with Crippen molar-refractivity contribution in [1.29, 1.82) is 0 Å². The van der Waals surface area contributed by atoms with Crippen LogP contribution in [0.25, 0.3) is 10.2 Å². The molecule has 0 atom stereocenters. The number of halogens is 1. The predicted molar refractivity (Wildman–Crippen MR) is 119 cm³/mol. The number of carbonyl (C=O) groups is 1. The summed E-state index contributed by atoms with van der Waals surface area (Å²) in [6, 6.07) is 11.4. The third kappa shape index (κ3) is 5.22. The number of thiazole rings is 1. The van der Waals surface area contributed by atoms with E-state index in [4.69, 9.17) is 16.3 Å². The molecule has 154 valence electrons. The maximum atomic E-state index is 12.5. The van der Waals surface area contributed by atoms with Crippen LogP contribution < -0.4 is 9.54 Å². The second-order valence-corrected chi connectivity index (χ2v) is 10.5. The third-order valence-corrected chi connectivity index (χ3v) is 7.62. The van der Waals surface area contributed by atoms with E-state index in [0.29, 0.717) is 22.1 Å². The highest BCUT2D eigenvalue weighted by Gasteiger charge is 2.19. The predicted octanol–water partition coefficient (Wildman–Crippen LogP) is 3.63. The lowest BCUT2D eigenvalue weighted by Crippen LogP contribution is -2.21. The lowest BCUT2D eigenvalue weighted by atomic mass is 10.3. The number of carbonyl (C=O) groups excluding carboxylic acids is 1. The van der Waals surface area contributed by atoms with Gasteiger partial charge in [0.1, 0.15) is 11.5 Å². The van der Waals surface area contributed by atoms with Gasteiger partial charge in [0.05, 0.1) is 22.2 Å². The number of ether oxygens (including phenoxy) is 1. The Morgan fingerprint density at radius 3 is 2.62 bits per heavy atom. The number of thioether (sulfide) groups is 1. The van der Waals surface area contributed by atoms with Crippen LogP contribution in [0.4, 0.5) is 0 Å². The van der Waals surface area contributed by atoms with Crippen LogP contribution in [0, 0.1) is 0 Å². The van der Waals surface area contributed by atoms with Crippen LogP contribution in [0.5, 0.6) is 5.75 Å². The summed E-state index contributed by atoms with van der Waals surface area (Å²) in [4.78, 5) is 17.1. The zero-order valence-electron chi connectivity index (χ0n) is 15.8. The van der Waals surface area contributed by atoms with E-state index in [1.807, 2.05) is 29.0 Å². The van der Waals surface area contributed by atoms with Crippen molar-refractivity contribution in [3.63, 3.8) is 0 Å². The van der Waals surface area contributed by atoms with Crippen molar-refractivity contribution in [2.75, 3.05) is 24.9 Å². The summed E-state index contributed by atoms with van der Waals surface area (Å²) in [7, 11) is -2.21. The molecule has 0 saturated carbocycles. The molecule has 0 N–H and O–H groups in total. The highest BCUT2D eigenvalue weighted by molar-refractivity contribution is 7.98. The van der Waals surface area contributed by atoms with Gasteiger partial charge in [0.25, 0.3) is 5.91 Å². The highest BCUT2D eigenvalue weighted by Crippen LogP contribution is 2.23. The normalized spacial score (nSPS) is 12.4. The number of methoxy groups -OCH3 is 1. The SMILES string of the molecule is COc1ccc2c(c1)sc(=NC(=O)CS(=O)(=O)c1ccc(Cl)cc1)n2CCSC. The average molecular weight is 471 g/mol. The number of rotatable bonds is 7. The van der Waals surface area contributed by atoms with Crippen molar-refractivity contribution >= 4 is 60.7 Å². The second kappa shape index (κ2) is 9.34. The fourth-order valence-corrected chi connectivity index (χ4v) is 5.39. The van der Waals surface area contributed by atoms with E-state index in [9.17, 15) is 13.2 Å². The minimum Gasteiger partial charge on any atom is -0.497 e. The molecule has 0 fully saturated rings. The molecule has 0 unspecified atom stereocenters. The summed E-state index contributed by atoms with van der Waals surface area (Å²) in [6.45, 7) is 0.656. The number of aryl methyl sites for hydroxylation is 1. The molecule has 2 aromatic carbocycles. The van der Waals surface area contributed by atoms with Crippen LogP contribution in [0.2, 0.25) is 5.02 Å². The summed E-state index contributed by atoms with van der Waals surface area (Å²) < 4.78 is 33.1. The Morgan fingerprint density at radius 1 is 1.24 bits per heavy atom. The van der Waals surface area contributed by atoms with E-state index < -0.39 is 21.5 Å². The molecular weight excluding hydrogens is 452 g/mol. The van der Waals surface area contributed by atoms with Crippen molar-refractivity contribution in [2.45, 2.75) is 11.4 Å². The molecular formula is C19H19ClN2O4S3. The van der Waals surface area contributed by atoms with Gasteiger partial charge < -0.3 is 9.30 Å². The van der Waals surface area contributed by atoms with Gasteiger partial charge in [-0.2, -0.15) is 16.8 Å². The number of benzene rings is 2. The van der Waals surface area contributed by atoms with Crippen molar-refractivity contribution < 1.29 is 17.9 Å². The first-order valence-corrected chi connectivity index (χ1v) is 12.8. The Kier molecular flexibility index (Phi) is 7.05. The number of amides is 1. The summed E-state index contributed by atoms with van der Waals surface area (Å²) in [5, 5.41) is 0.426. The molecule has 29 heavy (non-hydrogen) atoms. The van der Waals surface area contributed by atoms with Gasteiger partial charge in [-0.15, -0.1) is 0 Å².